The molecule has 4 aromatic heterocycles. The number of thiophene rings is 2. The summed E-state index contributed by atoms with van der Waals surface area (Å²) < 4.78 is 1.55. The Labute approximate surface area is 184 Å². The van der Waals surface area contributed by atoms with E-state index in [0.717, 1.165) is 27.0 Å². The summed E-state index contributed by atoms with van der Waals surface area (Å²) in [6.07, 6.45) is 0. The van der Waals surface area contributed by atoms with Gasteiger partial charge >= 0.3 is 0 Å². The van der Waals surface area contributed by atoms with Gasteiger partial charge in [0.1, 0.15) is 4.83 Å². The van der Waals surface area contributed by atoms with Crippen LogP contribution in [0.15, 0.2) is 57.1 Å². The zero-order valence-corrected chi connectivity index (χ0v) is 18.7. The van der Waals surface area contributed by atoms with E-state index in [0.29, 0.717) is 20.9 Å². The largest absolute Gasteiger partial charge is 0.358 e. The lowest BCUT2D eigenvalue weighted by molar-refractivity contribution is 0.102. The summed E-state index contributed by atoms with van der Waals surface area (Å²) >= 11 is 4.38. The Balaban J connectivity index is 1.47. The highest BCUT2D eigenvalue weighted by Crippen LogP contribution is 2.34. The van der Waals surface area contributed by atoms with Crippen LogP contribution in [0.3, 0.4) is 0 Å². The summed E-state index contributed by atoms with van der Waals surface area (Å²) in [5.41, 5.74) is 3.37. The molecule has 0 aliphatic rings. The van der Waals surface area contributed by atoms with Gasteiger partial charge in [0.2, 0.25) is 0 Å². The smallest absolute Gasteiger partial charge is 0.263 e. The minimum atomic E-state index is -0.0807. The molecular weight excluding hydrogens is 434 g/mol. The Kier molecular flexibility index (Phi) is 4.85. The monoisotopic (exact) mass is 451 g/mol. The molecule has 5 aromatic rings. The number of ketones is 1. The maximum atomic E-state index is 13.1. The molecule has 0 bridgehead atoms. The number of nitrogens with zero attached hydrogens (tertiary/aromatic N) is 2. The molecule has 0 unspecified atom stereocenters. The number of Topliss-reactive ketones (excluding diaryl/α,β-unsaturated/α-hetero) is 1. The van der Waals surface area contributed by atoms with E-state index in [4.69, 9.17) is 4.98 Å². The lowest BCUT2D eigenvalue weighted by Gasteiger charge is -2.07. The molecule has 0 saturated carbocycles. The minimum Gasteiger partial charge on any atom is -0.358 e. The van der Waals surface area contributed by atoms with Crippen LogP contribution in [0.25, 0.3) is 31.6 Å². The number of aryl methyl sites for hydroxylation is 1. The van der Waals surface area contributed by atoms with E-state index in [9.17, 15) is 9.59 Å². The van der Waals surface area contributed by atoms with Crippen LogP contribution in [-0.4, -0.2) is 26.1 Å². The highest BCUT2D eigenvalue weighted by molar-refractivity contribution is 7.99. The molecular formula is C22H17N3O2S3. The summed E-state index contributed by atoms with van der Waals surface area (Å²) in [5.74, 6) is 0.243. The van der Waals surface area contributed by atoms with Crippen LogP contribution in [-0.2, 0) is 7.05 Å². The first-order chi connectivity index (χ1) is 14.5. The molecule has 0 fully saturated rings. The molecule has 4 heterocycles. The third-order valence-corrected chi connectivity index (χ3v) is 7.87. The number of carbonyl (C=O) groups excluding carboxylic acids is 1. The van der Waals surface area contributed by atoms with Gasteiger partial charge in [0.25, 0.3) is 5.56 Å². The van der Waals surface area contributed by atoms with Gasteiger partial charge in [-0.3, -0.25) is 14.2 Å². The normalized spacial score (nSPS) is 11.5. The zero-order chi connectivity index (χ0) is 20.8. The van der Waals surface area contributed by atoms with Crippen molar-refractivity contribution in [1.29, 1.82) is 0 Å². The first-order valence-electron chi connectivity index (χ1n) is 9.30. The molecule has 0 atom stereocenters. The molecule has 1 aromatic carbocycles. The quantitative estimate of drug-likeness (QED) is 0.218. The number of hydrogen-bond donors (Lipinski definition) is 1. The number of H-pyrrole nitrogens is 1. The topological polar surface area (TPSA) is 67.8 Å². The van der Waals surface area contributed by atoms with Crippen LogP contribution in [0.2, 0.25) is 0 Å². The predicted octanol–water partition coefficient (Wildman–Crippen LogP) is 5.49. The second kappa shape index (κ2) is 7.54. The number of para-hydroxylation sites is 1. The Morgan fingerprint density at radius 2 is 2.03 bits per heavy atom. The first kappa shape index (κ1) is 19.3. The van der Waals surface area contributed by atoms with Crippen molar-refractivity contribution in [2.24, 2.45) is 7.05 Å². The molecule has 0 radical (unpaired) electrons. The first-order valence-corrected chi connectivity index (χ1v) is 12.0. The van der Waals surface area contributed by atoms with Gasteiger partial charge < -0.3 is 4.98 Å². The molecule has 0 spiro atoms. The number of carbonyl (C=O) groups is 1. The average Bonchev–Trinajstić information content (AvgIpc) is 3.46. The molecule has 30 heavy (non-hydrogen) atoms. The molecule has 5 nitrogen and oxygen atoms in total. The van der Waals surface area contributed by atoms with Crippen molar-refractivity contribution in [3.8, 4) is 10.4 Å². The average molecular weight is 452 g/mol. The fourth-order valence-corrected chi connectivity index (χ4v) is 6.28. The van der Waals surface area contributed by atoms with Gasteiger partial charge in [-0.25, -0.2) is 4.98 Å². The van der Waals surface area contributed by atoms with Crippen LogP contribution in [0, 0.1) is 6.92 Å². The number of thioether (sulfide) groups is 1. The molecule has 8 heteroatoms. The summed E-state index contributed by atoms with van der Waals surface area (Å²) in [6.45, 7) is 1.91. The van der Waals surface area contributed by atoms with E-state index < -0.39 is 0 Å². The number of fused-ring (bicyclic) bond motifs is 2. The van der Waals surface area contributed by atoms with E-state index in [1.165, 1.54) is 23.1 Å². The van der Waals surface area contributed by atoms with E-state index in [1.54, 1.807) is 23.0 Å². The Hall–Kier alpha value is -2.68. The van der Waals surface area contributed by atoms with E-state index in [-0.39, 0.29) is 17.1 Å². The summed E-state index contributed by atoms with van der Waals surface area (Å²) in [5, 5.41) is 6.11. The van der Waals surface area contributed by atoms with Crippen molar-refractivity contribution in [2.45, 2.75) is 12.1 Å². The maximum Gasteiger partial charge on any atom is 0.263 e. The Morgan fingerprint density at radius 3 is 2.83 bits per heavy atom. The second-order valence-electron chi connectivity index (χ2n) is 6.95. The van der Waals surface area contributed by atoms with Crippen molar-refractivity contribution in [3.63, 3.8) is 0 Å². The van der Waals surface area contributed by atoms with Gasteiger partial charge in [-0.2, -0.15) is 0 Å². The molecule has 0 saturated heterocycles. The number of aromatic nitrogens is 3. The SMILES string of the molecule is Cc1[nH]c2ccccc2c1C(=O)CSc1nc2scc(-c3cccs3)c2c(=O)n1C. The summed E-state index contributed by atoms with van der Waals surface area (Å²) in [6, 6.07) is 11.8. The number of nitrogens with one attached hydrogen (secondary N) is 1. The van der Waals surface area contributed by atoms with E-state index in [1.807, 2.05) is 54.1 Å². The third-order valence-electron chi connectivity index (χ3n) is 5.07. The predicted molar refractivity (Wildman–Crippen MR) is 126 cm³/mol. The maximum absolute atomic E-state index is 13.1. The van der Waals surface area contributed by atoms with Gasteiger partial charge in [0.15, 0.2) is 10.9 Å². The number of rotatable bonds is 5. The van der Waals surface area contributed by atoms with Gasteiger partial charge in [0, 0.05) is 45.0 Å². The number of benzene rings is 1. The van der Waals surface area contributed by atoms with Crippen LogP contribution < -0.4 is 5.56 Å². The fraction of sp³-hybridized carbons (Fsp3) is 0.136. The number of hydrogen-bond acceptors (Lipinski definition) is 6. The van der Waals surface area contributed by atoms with Crippen molar-refractivity contribution in [1.82, 2.24) is 14.5 Å². The lowest BCUT2D eigenvalue weighted by Crippen LogP contribution is -2.20. The van der Waals surface area contributed by atoms with Gasteiger partial charge in [-0.1, -0.05) is 36.0 Å². The highest BCUT2D eigenvalue weighted by atomic mass is 32.2. The minimum absolute atomic E-state index is 0.0229. The van der Waals surface area contributed by atoms with Crippen LogP contribution in [0.1, 0.15) is 16.1 Å². The van der Waals surface area contributed by atoms with E-state index in [2.05, 4.69) is 4.98 Å². The zero-order valence-electron chi connectivity index (χ0n) is 16.3. The van der Waals surface area contributed by atoms with Gasteiger partial charge in [-0.15, -0.1) is 22.7 Å². The van der Waals surface area contributed by atoms with Gasteiger partial charge in [0.05, 0.1) is 11.1 Å². The Morgan fingerprint density at radius 1 is 1.20 bits per heavy atom. The Bertz CT molecular complexity index is 1460. The standard InChI is InChI=1S/C22H17N3O2S3/c1-12-18(13-6-3-4-7-15(13)23-12)16(26)11-30-22-24-20-19(21(27)25(22)2)14(10-29-20)17-8-5-9-28-17/h3-10,23H,11H2,1-2H3. The summed E-state index contributed by atoms with van der Waals surface area (Å²) in [7, 11) is 1.72. The third kappa shape index (κ3) is 3.12. The van der Waals surface area contributed by atoms with Crippen LogP contribution in [0.4, 0.5) is 0 Å². The van der Waals surface area contributed by atoms with Crippen molar-refractivity contribution in [2.75, 3.05) is 5.75 Å². The molecule has 150 valence electrons. The molecule has 0 amide bonds. The highest BCUT2D eigenvalue weighted by Gasteiger charge is 2.19. The molecule has 0 aliphatic heterocycles. The van der Waals surface area contributed by atoms with Gasteiger partial charge in [-0.05, 0) is 24.4 Å². The lowest BCUT2D eigenvalue weighted by atomic mass is 10.1. The molecule has 1 N–H and O–H groups in total. The molecule has 5 rings (SSSR count). The van der Waals surface area contributed by atoms with Crippen molar-refractivity contribution >= 4 is 61.3 Å². The second-order valence-corrected chi connectivity index (χ2v) is 9.70. The van der Waals surface area contributed by atoms with Crippen molar-refractivity contribution in [3.05, 3.63) is 68.8 Å². The van der Waals surface area contributed by atoms with Crippen molar-refractivity contribution < 1.29 is 4.79 Å². The van der Waals surface area contributed by atoms with E-state index >= 15 is 0 Å². The molecule has 0 aliphatic carbocycles. The number of aromatic amines is 1. The van der Waals surface area contributed by atoms with Crippen LogP contribution >= 0.6 is 34.4 Å². The summed E-state index contributed by atoms with van der Waals surface area (Å²) in [4.78, 5) is 35.8. The van der Waals surface area contributed by atoms with Crippen LogP contribution in [0.5, 0.6) is 0 Å². The fourth-order valence-electron chi connectivity index (χ4n) is 3.63.